The molecule has 5 nitrogen and oxygen atoms in total. The third-order valence-electron chi connectivity index (χ3n) is 4.15. The molecule has 0 heterocycles. The van der Waals surface area contributed by atoms with Gasteiger partial charge in [0.25, 0.3) is 5.91 Å². The lowest BCUT2D eigenvalue weighted by Crippen LogP contribution is -2.17. The molecular formula is C22H16BrCl2IN2O3. The van der Waals surface area contributed by atoms with Crippen molar-refractivity contribution in [2.45, 2.75) is 6.61 Å². The van der Waals surface area contributed by atoms with Crippen molar-refractivity contribution in [1.29, 1.82) is 0 Å². The van der Waals surface area contributed by atoms with Gasteiger partial charge in [0.1, 0.15) is 18.1 Å². The van der Waals surface area contributed by atoms with Crippen LogP contribution in [-0.2, 0) is 6.61 Å². The molecule has 3 aromatic carbocycles. The molecule has 3 rings (SSSR count). The van der Waals surface area contributed by atoms with Gasteiger partial charge in [0.05, 0.1) is 21.4 Å². The quantitative estimate of drug-likeness (QED) is 0.179. The number of nitrogens with one attached hydrogen (secondary N) is 1. The van der Waals surface area contributed by atoms with Gasteiger partial charge < -0.3 is 9.47 Å². The fourth-order valence-electron chi connectivity index (χ4n) is 2.54. The van der Waals surface area contributed by atoms with Crippen LogP contribution in [0.2, 0.25) is 10.0 Å². The number of hydrogen-bond acceptors (Lipinski definition) is 4. The van der Waals surface area contributed by atoms with Gasteiger partial charge in [-0.1, -0.05) is 29.3 Å². The van der Waals surface area contributed by atoms with Crippen molar-refractivity contribution >= 4 is 73.8 Å². The van der Waals surface area contributed by atoms with Crippen molar-refractivity contribution in [3.8, 4) is 11.5 Å². The molecule has 0 unspecified atom stereocenters. The van der Waals surface area contributed by atoms with Gasteiger partial charge in [0.15, 0.2) is 0 Å². The summed E-state index contributed by atoms with van der Waals surface area (Å²) in [7, 11) is 1.56. The van der Waals surface area contributed by atoms with E-state index in [2.05, 4.69) is 49.0 Å². The molecule has 0 saturated carbocycles. The molecule has 0 radical (unpaired) electrons. The van der Waals surface area contributed by atoms with E-state index in [1.54, 1.807) is 43.7 Å². The summed E-state index contributed by atoms with van der Waals surface area (Å²) >= 11 is 17.7. The fraction of sp³-hybridized carbons (Fsp3) is 0.0909. The van der Waals surface area contributed by atoms with Gasteiger partial charge >= 0.3 is 0 Å². The third kappa shape index (κ3) is 6.58. The molecular weight excluding hydrogens is 618 g/mol. The van der Waals surface area contributed by atoms with E-state index in [-0.39, 0.29) is 5.91 Å². The smallest absolute Gasteiger partial charge is 0.271 e. The summed E-state index contributed by atoms with van der Waals surface area (Å²) in [6.45, 7) is 0.303. The van der Waals surface area contributed by atoms with Crippen molar-refractivity contribution in [3.63, 3.8) is 0 Å². The number of ether oxygens (including phenoxy) is 2. The number of carbonyl (C=O) groups excluding carboxylic acids is 1. The van der Waals surface area contributed by atoms with Crippen LogP contribution in [0.25, 0.3) is 0 Å². The van der Waals surface area contributed by atoms with Crippen LogP contribution in [0.15, 0.2) is 64.2 Å². The number of hydrogen-bond donors (Lipinski definition) is 1. The maximum Gasteiger partial charge on any atom is 0.271 e. The lowest BCUT2D eigenvalue weighted by atomic mass is 10.2. The molecule has 0 fully saturated rings. The number of rotatable bonds is 7. The zero-order valence-electron chi connectivity index (χ0n) is 16.2. The Hall–Kier alpha value is -1.81. The van der Waals surface area contributed by atoms with Crippen molar-refractivity contribution in [3.05, 3.63) is 89.4 Å². The van der Waals surface area contributed by atoms with Crippen LogP contribution in [0.4, 0.5) is 0 Å². The van der Waals surface area contributed by atoms with E-state index in [4.69, 9.17) is 32.7 Å². The van der Waals surface area contributed by atoms with Crippen LogP contribution >= 0.6 is 61.7 Å². The van der Waals surface area contributed by atoms with E-state index < -0.39 is 0 Å². The second-order valence-electron chi connectivity index (χ2n) is 6.26. The highest BCUT2D eigenvalue weighted by Crippen LogP contribution is 2.28. The van der Waals surface area contributed by atoms with Crippen LogP contribution in [-0.4, -0.2) is 19.2 Å². The Balaban J connectivity index is 1.60. The zero-order chi connectivity index (χ0) is 22.4. The van der Waals surface area contributed by atoms with Crippen LogP contribution in [0.1, 0.15) is 21.5 Å². The second-order valence-corrected chi connectivity index (χ2v) is 9.12. The van der Waals surface area contributed by atoms with Crippen molar-refractivity contribution in [2.24, 2.45) is 5.10 Å². The number of benzene rings is 3. The molecule has 0 bridgehead atoms. The Kier molecular flexibility index (Phi) is 8.59. The molecule has 0 aliphatic rings. The Morgan fingerprint density at radius 2 is 1.94 bits per heavy atom. The van der Waals surface area contributed by atoms with Gasteiger partial charge in [-0.15, -0.1) is 0 Å². The third-order valence-corrected chi connectivity index (χ3v) is 6.25. The van der Waals surface area contributed by atoms with Crippen molar-refractivity contribution in [2.75, 3.05) is 7.11 Å². The van der Waals surface area contributed by atoms with E-state index in [0.29, 0.717) is 33.7 Å². The highest BCUT2D eigenvalue weighted by atomic mass is 127. The first-order valence-electron chi connectivity index (χ1n) is 8.90. The standard InChI is InChI=1S/C22H16BrCl2IN2O3/c1-30-21-9-14(4-6-19(21)26)22(29)28-27-11-13-2-7-20(17(23)8-13)31-12-15-3-5-16(24)10-18(15)25/h2-11H,12H2,1H3,(H,28,29)/b27-11-. The summed E-state index contributed by atoms with van der Waals surface area (Å²) in [4.78, 5) is 12.3. The van der Waals surface area contributed by atoms with Crippen LogP contribution < -0.4 is 14.9 Å². The topological polar surface area (TPSA) is 59.9 Å². The summed E-state index contributed by atoms with van der Waals surface area (Å²) in [5.41, 5.74) is 4.58. The molecule has 9 heteroatoms. The first-order chi connectivity index (χ1) is 14.9. The number of methoxy groups -OCH3 is 1. The Labute approximate surface area is 212 Å². The zero-order valence-corrected chi connectivity index (χ0v) is 21.4. The first-order valence-corrected chi connectivity index (χ1v) is 11.5. The molecule has 0 aromatic heterocycles. The summed E-state index contributed by atoms with van der Waals surface area (Å²) in [6, 6.07) is 15.9. The molecule has 31 heavy (non-hydrogen) atoms. The maximum atomic E-state index is 12.3. The van der Waals surface area contributed by atoms with E-state index >= 15 is 0 Å². The predicted molar refractivity (Wildman–Crippen MR) is 136 cm³/mol. The average Bonchev–Trinajstić information content (AvgIpc) is 2.74. The summed E-state index contributed by atoms with van der Waals surface area (Å²) in [5, 5.41) is 5.15. The normalized spacial score (nSPS) is 10.9. The maximum absolute atomic E-state index is 12.3. The van der Waals surface area contributed by atoms with Crippen LogP contribution in [0.5, 0.6) is 11.5 Å². The van der Waals surface area contributed by atoms with Crippen molar-refractivity contribution < 1.29 is 14.3 Å². The molecule has 0 atom stereocenters. The van der Waals surface area contributed by atoms with Crippen LogP contribution in [0.3, 0.4) is 0 Å². The molecule has 1 N–H and O–H groups in total. The van der Waals surface area contributed by atoms with E-state index in [1.807, 2.05) is 24.3 Å². The number of nitrogens with zero attached hydrogens (tertiary/aromatic N) is 1. The van der Waals surface area contributed by atoms with Crippen LogP contribution in [0, 0.1) is 3.57 Å². The Morgan fingerprint density at radius 1 is 1.13 bits per heavy atom. The first kappa shape index (κ1) is 23.8. The molecule has 0 saturated heterocycles. The van der Waals surface area contributed by atoms with Gasteiger partial charge in [0, 0.05) is 21.2 Å². The van der Waals surface area contributed by atoms with Gasteiger partial charge in [-0.3, -0.25) is 4.79 Å². The highest BCUT2D eigenvalue weighted by molar-refractivity contribution is 14.1. The molecule has 3 aromatic rings. The average molecular weight is 634 g/mol. The minimum Gasteiger partial charge on any atom is -0.496 e. The van der Waals surface area contributed by atoms with Gasteiger partial charge in [0.2, 0.25) is 0 Å². The SMILES string of the molecule is COc1cc(C(=O)N/N=C\c2ccc(OCc3ccc(Cl)cc3Cl)c(Br)c2)ccc1I. The van der Waals surface area contributed by atoms with E-state index in [9.17, 15) is 4.79 Å². The number of hydrazone groups is 1. The largest absolute Gasteiger partial charge is 0.496 e. The van der Waals surface area contributed by atoms with Crippen molar-refractivity contribution in [1.82, 2.24) is 5.43 Å². The number of amides is 1. The fourth-order valence-corrected chi connectivity index (χ4v) is 4.07. The summed E-state index contributed by atoms with van der Waals surface area (Å²) < 4.78 is 12.7. The molecule has 0 spiro atoms. The lowest BCUT2D eigenvalue weighted by Gasteiger charge is -2.10. The minimum absolute atomic E-state index is 0.303. The number of halogens is 4. The Morgan fingerprint density at radius 3 is 2.65 bits per heavy atom. The summed E-state index contributed by atoms with van der Waals surface area (Å²) in [6.07, 6.45) is 1.55. The van der Waals surface area contributed by atoms with E-state index in [0.717, 1.165) is 19.2 Å². The molecule has 1 amide bonds. The predicted octanol–water partition coefficient (Wildman–Crippen LogP) is 6.71. The minimum atomic E-state index is -0.329. The van der Waals surface area contributed by atoms with Gasteiger partial charge in [-0.2, -0.15) is 5.10 Å². The molecule has 160 valence electrons. The molecule has 0 aliphatic heterocycles. The van der Waals surface area contributed by atoms with Gasteiger partial charge in [-0.05, 0) is 92.6 Å². The second kappa shape index (κ2) is 11.2. The monoisotopic (exact) mass is 632 g/mol. The summed E-state index contributed by atoms with van der Waals surface area (Å²) in [5.74, 6) is 0.958. The number of carbonyl (C=O) groups is 1. The highest BCUT2D eigenvalue weighted by Gasteiger charge is 2.09. The Bertz CT molecular complexity index is 1140. The molecule has 0 aliphatic carbocycles. The lowest BCUT2D eigenvalue weighted by molar-refractivity contribution is 0.0954. The van der Waals surface area contributed by atoms with Gasteiger partial charge in [-0.25, -0.2) is 5.43 Å². The van der Waals surface area contributed by atoms with E-state index in [1.165, 1.54) is 0 Å².